The molecule has 2 aromatic heterocycles. The molecule has 2 aliphatic rings. The molecular formula is C18H25Cl3N6. The number of rotatable bonds is 1. The molecule has 0 spiro atoms. The van der Waals surface area contributed by atoms with Crippen LogP contribution >= 0.6 is 34.8 Å². The van der Waals surface area contributed by atoms with E-state index in [-0.39, 0.29) is 0 Å². The van der Waals surface area contributed by atoms with E-state index in [9.17, 15) is 0 Å². The van der Waals surface area contributed by atoms with Crippen molar-refractivity contribution in [3.8, 4) is 0 Å². The Hall–Kier alpha value is -1.15. The summed E-state index contributed by atoms with van der Waals surface area (Å²) in [5, 5.41) is 11.2. The first-order chi connectivity index (χ1) is 13.1. The molecular weight excluding hydrogens is 407 g/mol. The van der Waals surface area contributed by atoms with E-state index < -0.39 is 0 Å². The predicted molar refractivity (Wildman–Crippen MR) is 114 cm³/mol. The normalized spacial score (nSPS) is 16.5. The van der Waals surface area contributed by atoms with Gasteiger partial charge in [-0.15, -0.1) is 0 Å². The van der Waals surface area contributed by atoms with Crippen molar-refractivity contribution in [1.82, 2.24) is 25.9 Å². The summed E-state index contributed by atoms with van der Waals surface area (Å²) >= 11 is 16.7. The van der Waals surface area contributed by atoms with Crippen LogP contribution in [0.3, 0.4) is 0 Å². The van der Waals surface area contributed by atoms with E-state index >= 15 is 0 Å². The molecule has 6 nitrogen and oxygen atoms in total. The molecule has 148 valence electrons. The van der Waals surface area contributed by atoms with Crippen molar-refractivity contribution in [3.63, 3.8) is 0 Å². The summed E-state index contributed by atoms with van der Waals surface area (Å²) in [5.74, 6) is 0.981. The van der Waals surface area contributed by atoms with Crippen LogP contribution in [0.15, 0.2) is 36.4 Å². The summed E-state index contributed by atoms with van der Waals surface area (Å²) in [7, 11) is 0. The molecule has 0 aromatic carbocycles. The van der Waals surface area contributed by atoms with Gasteiger partial charge in [-0.3, -0.25) is 0 Å². The summed E-state index contributed by atoms with van der Waals surface area (Å²) in [4.78, 5) is 10.2. The van der Waals surface area contributed by atoms with E-state index in [2.05, 4.69) is 30.8 Å². The van der Waals surface area contributed by atoms with E-state index in [1.165, 1.54) is 0 Å². The van der Waals surface area contributed by atoms with E-state index in [1.807, 2.05) is 12.1 Å². The Balaban J connectivity index is 0.000000159. The highest BCUT2D eigenvalue weighted by atomic mass is 35.5. The number of halogens is 3. The fourth-order valence-corrected chi connectivity index (χ4v) is 2.98. The Kier molecular flexibility index (Phi) is 10.7. The fourth-order valence-electron chi connectivity index (χ4n) is 2.45. The zero-order valence-electron chi connectivity index (χ0n) is 15.1. The third-order valence-corrected chi connectivity index (χ3v) is 4.41. The van der Waals surface area contributed by atoms with Crippen molar-refractivity contribution >= 4 is 40.6 Å². The first-order valence-corrected chi connectivity index (χ1v) is 10.1. The lowest BCUT2D eigenvalue weighted by Gasteiger charge is -2.28. The second kappa shape index (κ2) is 13.1. The van der Waals surface area contributed by atoms with Crippen molar-refractivity contribution in [3.05, 3.63) is 51.9 Å². The fraction of sp³-hybridized carbons (Fsp3) is 0.444. The maximum Gasteiger partial charge on any atom is 0.131 e. The minimum Gasteiger partial charge on any atom is -0.354 e. The van der Waals surface area contributed by atoms with Gasteiger partial charge < -0.3 is 20.9 Å². The smallest absolute Gasteiger partial charge is 0.131 e. The second-order valence-corrected chi connectivity index (χ2v) is 7.00. The summed E-state index contributed by atoms with van der Waals surface area (Å²) in [6.07, 6.45) is 0. The molecule has 4 rings (SSSR count). The number of pyridine rings is 2. The maximum atomic E-state index is 5.81. The molecule has 0 saturated carbocycles. The molecule has 3 N–H and O–H groups in total. The molecule has 0 aliphatic carbocycles. The van der Waals surface area contributed by atoms with Crippen LogP contribution in [-0.2, 0) is 0 Å². The third-order valence-electron chi connectivity index (χ3n) is 3.78. The van der Waals surface area contributed by atoms with Gasteiger partial charge in [-0.25, -0.2) is 9.97 Å². The van der Waals surface area contributed by atoms with Crippen molar-refractivity contribution in [2.45, 2.75) is 0 Å². The van der Waals surface area contributed by atoms with Gasteiger partial charge in [0.1, 0.15) is 21.3 Å². The average Bonchev–Trinajstić information content (AvgIpc) is 2.71. The first kappa shape index (κ1) is 22.1. The van der Waals surface area contributed by atoms with Gasteiger partial charge >= 0.3 is 0 Å². The van der Waals surface area contributed by atoms with Gasteiger partial charge in [-0.1, -0.05) is 46.9 Å². The Morgan fingerprint density at radius 3 is 1.48 bits per heavy atom. The molecule has 0 bridgehead atoms. The average molecular weight is 432 g/mol. The summed E-state index contributed by atoms with van der Waals surface area (Å²) in [6.45, 7) is 8.61. The van der Waals surface area contributed by atoms with Gasteiger partial charge in [0.05, 0.1) is 0 Å². The quantitative estimate of drug-likeness (QED) is 0.603. The van der Waals surface area contributed by atoms with Gasteiger partial charge in [0, 0.05) is 52.4 Å². The van der Waals surface area contributed by atoms with Crippen molar-refractivity contribution in [2.24, 2.45) is 0 Å². The highest BCUT2D eigenvalue weighted by molar-refractivity contribution is 6.32. The van der Waals surface area contributed by atoms with Crippen molar-refractivity contribution in [2.75, 3.05) is 57.3 Å². The van der Waals surface area contributed by atoms with Crippen LogP contribution in [0.1, 0.15) is 0 Å². The highest BCUT2D eigenvalue weighted by Crippen LogP contribution is 2.14. The number of nitrogens with one attached hydrogen (secondary N) is 3. The molecule has 9 heteroatoms. The van der Waals surface area contributed by atoms with E-state index in [1.54, 1.807) is 24.3 Å². The van der Waals surface area contributed by atoms with Crippen molar-refractivity contribution < 1.29 is 0 Å². The van der Waals surface area contributed by atoms with Crippen molar-refractivity contribution in [1.29, 1.82) is 0 Å². The Labute approximate surface area is 175 Å². The van der Waals surface area contributed by atoms with Crippen LogP contribution in [0.4, 0.5) is 5.82 Å². The second-order valence-electron chi connectivity index (χ2n) is 5.84. The number of nitrogens with zero attached hydrogens (tertiary/aromatic N) is 3. The Morgan fingerprint density at radius 1 is 0.630 bits per heavy atom. The standard InChI is InChI=1S/C9H12ClN3.C5H3Cl2N.C4H10N2/c10-8-2-1-3-9(12-8)13-6-4-11-5-7-13;6-4-2-1-3-5(7)8-4;1-2-6-4-3-5-1/h1-3,11H,4-7H2;1-3H;5-6H,1-4H2. The highest BCUT2D eigenvalue weighted by Gasteiger charge is 2.10. The minimum atomic E-state index is 0.428. The topological polar surface area (TPSA) is 65.1 Å². The molecule has 0 radical (unpaired) electrons. The van der Waals surface area contributed by atoms with E-state index in [0.29, 0.717) is 15.5 Å². The lowest BCUT2D eigenvalue weighted by atomic mass is 10.3. The molecule has 4 heterocycles. The van der Waals surface area contributed by atoms with Crippen LogP contribution in [0.2, 0.25) is 15.5 Å². The number of hydrogen-bond acceptors (Lipinski definition) is 6. The lowest BCUT2D eigenvalue weighted by molar-refractivity contribution is 0.534. The number of hydrogen-bond donors (Lipinski definition) is 3. The van der Waals surface area contributed by atoms with Gasteiger partial charge in [0.2, 0.25) is 0 Å². The largest absolute Gasteiger partial charge is 0.354 e. The van der Waals surface area contributed by atoms with Crippen LogP contribution in [0.25, 0.3) is 0 Å². The molecule has 2 saturated heterocycles. The molecule has 0 amide bonds. The molecule has 27 heavy (non-hydrogen) atoms. The molecule has 2 fully saturated rings. The zero-order valence-corrected chi connectivity index (χ0v) is 17.4. The molecule has 0 atom stereocenters. The monoisotopic (exact) mass is 430 g/mol. The number of piperazine rings is 2. The number of anilines is 1. The van der Waals surface area contributed by atoms with Gasteiger partial charge in [-0.05, 0) is 24.3 Å². The van der Waals surface area contributed by atoms with Crippen LogP contribution in [0.5, 0.6) is 0 Å². The van der Waals surface area contributed by atoms with Crippen LogP contribution in [-0.4, -0.2) is 62.3 Å². The third kappa shape index (κ3) is 9.55. The maximum absolute atomic E-state index is 5.81. The SMILES string of the molecule is C1CNCCN1.Clc1cccc(Cl)n1.Clc1cccc(N2CCNCC2)n1. The summed E-state index contributed by atoms with van der Waals surface area (Å²) in [6, 6.07) is 10.8. The number of aromatic nitrogens is 2. The van der Waals surface area contributed by atoms with E-state index in [4.69, 9.17) is 34.8 Å². The summed E-state index contributed by atoms with van der Waals surface area (Å²) < 4.78 is 0. The predicted octanol–water partition coefficient (Wildman–Crippen LogP) is 2.71. The van der Waals surface area contributed by atoms with Gasteiger partial charge in [0.25, 0.3) is 0 Å². The molecule has 2 aliphatic heterocycles. The minimum absolute atomic E-state index is 0.428. The van der Waals surface area contributed by atoms with Crippen LogP contribution < -0.4 is 20.9 Å². The lowest BCUT2D eigenvalue weighted by Crippen LogP contribution is -2.43. The van der Waals surface area contributed by atoms with Gasteiger partial charge in [-0.2, -0.15) is 0 Å². The summed E-state index contributed by atoms with van der Waals surface area (Å²) in [5.41, 5.74) is 0. The Bertz CT molecular complexity index is 634. The molecule has 0 unspecified atom stereocenters. The van der Waals surface area contributed by atoms with Gasteiger partial charge in [0.15, 0.2) is 0 Å². The first-order valence-electron chi connectivity index (χ1n) is 8.93. The van der Waals surface area contributed by atoms with E-state index in [0.717, 1.165) is 58.2 Å². The zero-order chi connectivity index (χ0) is 19.3. The Morgan fingerprint density at radius 2 is 1.07 bits per heavy atom. The molecule has 2 aromatic rings. The van der Waals surface area contributed by atoms with Crippen LogP contribution in [0, 0.1) is 0 Å².